The van der Waals surface area contributed by atoms with Crippen LogP contribution in [0.4, 0.5) is 11.5 Å². The normalized spacial score (nSPS) is 14.3. The van der Waals surface area contributed by atoms with Crippen LogP contribution in [0, 0.1) is 0 Å². The van der Waals surface area contributed by atoms with Crippen LogP contribution < -0.4 is 14.5 Å². The molecular weight excluding hydrogens is 326 g/mol. The Kier molecular flexibility index (Phi) is 4.64. The van der Waals surface area contributed by atoms with Crippen molar-refractivity contribution in [3.8, 4) is 17.1 Å². The zero-order valence-electron chi connectivity index (χ0n) is 14.7. The summed E-state index contributed by atoms with van der Waals surface area (Å²) in [7, 11) is 1.63. The minimum Gasteiger partial charge on any atom is -0.481 e. The summed E-state index contributed by atoms with van der Waals surface area (Å²) in [5.74, 6) is 1.57. The van der Waals surface area contributed by atoms with E-state index < -0.39 is 0 Å². The lowest BCUT2D eigenvalue weighted by Crippen LogP contribution is -2.46. The van der Waals surface area contributed by atoms with Crippen LogP contribution in [0.3, 0.4) is 0 Å². The Hall–Kier alpha value is -3.15. The third-order valence-corrected chi connectivity index (χ3v) is 4.62. The summed E-state index contributed by atoms with van der Waals surface area (Å²) in [5, 5.41) is 8.82. The van der Waals surface area contributed by atoms with Gasteiger partial charge in [-0.3, -0.25) is 0 Å². The SMILES string of the molecule is COc1ccc(N2CCN(c3ccc(-c4ccccc4)nn3)CC2)cn1. The van der Waals surface area contributed by atoms with Gasteiger partial charge in [0.15, 0.2) is 5.82 Å². The Labute approximate surface area is 153 Å². The minimum atomic E-state index is 0.640. The van der Waals surface area contributed by atoms with Crippen molar-refractivity contribution in [3.63, 3.8) is 0 Å². The molecule has 0 unspecified atom stereocenters. The van der Waals surface area contributed by atoms with Crippen molar-refractivity contribution in [1.82, 2.24) is 15.2 Å². The number of methoxy groups -OCH3 is 1. The van der Waals surface area contributed by atoms with Crippen LogP contribution in [0.25, 0.3) is 11.3 Å². The Morgan fingerprint density at radius 3 is 2.19 bits per heavy atom. The molecule has 3 heterocycles. The number of hydrogen-bond donors (Lipinski definition) is 0. The molecular formula is C20H21N5O. The first-order chi connectivity index (χ1) is 12.8. The van der Waals surface area contributed by atoms with Gasteiger partial charge in [0, 0.05) is 37.8 Å². The number of benzene rings is 1. The van der Waals surface area contributed by atoms with Crippen LogP contribution in [0.5, 0.6) is 5.88 Å². The Bertz CT molecular complexity index is 828. The van der Waals surface area contributed by atoms with E-state index in [2.05, 4.69) is 37.1 Å². The molecule has 2 aromatic heterocycles. The van der Waals surface area contributed by atoms with Crippen molar-refractivity contribution in [2.75, 3.05) is 43.1 Å². The highest BCUT2D eigenvalue weighted by Gasteiger charge is 2.19. The average molecular weight is 347 g/mol. The van der Waals surface area contributed by atoms with Gasteiger partial charge in [-0.1, -0.05) is 30.3 Å². The molecule has 132 valence electrons. The fourth-order valence-corrected chi connectivity index (χ4v) is 3.13. The van der Waals surface area contributed by atoms with Gasteiger partial charge in [-0.05, 0) is 18.2 Å². The summed E-state index contributed by atoms with van der Waals surface area (Å²) in [6.45, 7) is 3.67. The average Bonchev–Trinajstić information content (AvgIpc) is 2.75. The second kappa shape index (κ2) is 7.39. The number of nitrogens with zero attached hydrogens (tertiary/aromatic N) is 5. The molecule has 4 rings (SSSR count). The highest BCUT2D eigenvalue weighted by Crippen LogP contribution is 2.21. The molecule has 0 saturated carbocycles. The van der Waals surface area contributed by atoms with Gasteiger partial charge < -0.3 is 14.5 Å². The van der Waals surface area contributed by atoms with E-state index in [1.54, 1.807) is 7.11 Å². The Morgan fingerprint density at radius 2 is 1.58 bits per heavy atom. The number of pyridine rings is 1. The summed E-state index contributed by atoms with van der Waals surface area (Å²) < 4.78 is 5.12. The van der Waals surface area contributed by atoms with Crippen molar-refractivity contribution in [1.29, 1.82) is 0 Å². The highest BCUT2D eigenvalue weighted by atomic mass is 16.5. The number of aromatic nitrogens is 3. The van der Waals surface area contributed by atoms with E-state index in [0.717, 1.165) is 48.9 Å². The van der Waals surface area contributed by atoms with Crippen molar-refractivity contribution in [3.05, 3.63) is 60.8 Å². The van der Waals surface area contributed by atoms with Crippen molar-refractivity contribution >= 4 is 11.5 Å². The molecule has 0 spiro atoms. The van der Waals surface area contributed by atoms with Crippen LogP contribution in [-0.4, -0.2) is 48.5 Å². The fourth-order valence-electron chi connectivity index (χ4n) is 3.13. The Morgan fingerprint density at radius 1 is 0.808 bits per heavy atom. The number of ether oxygens (including phenoxy) is 1. The van der Waals surface area contributed by atoms with E-state index >= 15 is 0 Å². The van der Waals surface area contributed by atoms with Crippen LogP contribution in [0.2, 0.25) is 0 Å². The second-order valence-electron chi connectivity index (χ2n) is 6.18. The smallest absolute Gasteiger partial charge is 0.213 e. The highest BCUT2D eigenvalue weighted by molar-refractivity contribution is 5.59. The summed E-state index contributed by atoms with van der Waals surface area (Å²) in [6, 6.07) is 18.2. The number of rotatable bonds is 4. The second-order valence-corrected chi connectivity index (χ2v) is 6.18. The maximum absolute atomic E-state index is 5.12. The van der Waals surface area contributed by atoms with Crippen LogP contribution >= 0.6 is 0 Å². The number of hydrogen-bond acceptors (Lipinski definition) is 6. The summed E-state index contributed by atoms with van der Waals surface area (Å²) in [5.41, 5.74) is 3.11. The molecule has 0 amide bonds. The number of piperazine rings is 1. The summed E-state index contributed by atoms with van der Waals surface area (Å²) in [4.78, 5) is 8.89. The van der Waals surface area contributed by atoms with Crippen LogP contribution in [0.15, 0.2) is 60.8 Å². The molecule has 3 aromatic rings. The zero-order chi connectivity index (χ0) is 17.8. The maximum Gasteiger partial charge on any atom is 0.213 e. The van der Waals surface area contributed by atoms with Crippen molar-refractivity contribution in [2.45, 2.75) is 0 Å². The molecule has 1 aromatic carbocycles. The molecule has 6 nitrogen and oxygen atoms in total. The van der Waals surface area contributed by atoms with Gasteiger partial charge in [0.2, 0.25) is 5.88 Å². The standard InChI is InChI=1S/C20H21N5O/c1-26-20-10-7-17(15-21-20)24-11-13-25(14-12-24)19-9-8-18(22-23-19)16-5-3-2-4-6-16/h2-10,15H,11-14H2,1H3. The molecule has 1 fully saturated rings. The molecule has 0 N–H and O–H groups in total. The predicted octanol–water partition coefficient (Wildman–Crippen LogP) is 2.87. The molecule has 0 atom stereocenters. The largest absolute Gasteiger partial charge is 0.481 e. The topological polar surface area (TPSA) is 54.4 Å². The van der Waals surface area contributed by atoms with Gasteiger partial charge in [0.05, 0.1) is 24.7 Å². The lowest BCUT2D eigenvalue weighted by molar-refractivity contribution is 0.398. The molecule has 1 aliphatic heterocycles. The monoisotopic (exact) mass is 347 g/mol. The van der Waals surface area contributed by atoms with Gasteiger partial charge in [-0.15, -0.1) is 10.2 Å². The molecule has 6 heteroatoms. The van der Waals surface area contributed by atoms with Gasteiger partial charge in [0.25, 0.3) is 0 Å². The maximum atomic E-state index is 5.12. The first kappa shape index (κ1) is 16.3. The first-order valence-corrected chi connectivity index (χ1v) is 8.72. The van der Waals surface area contributed by atoms with E-state index in [4.69, 9.17) is 4.74 Å². The zero-order valence-corrected chi connectivity index (χ0v) is 14.7. The molecule has 26 heavy (non-hydrogen) atoms. The molecule has 0 bridgehead atoms. The fraction of sp³-hybridized carbons (Fsp3) is 0.250. The molecule has 0 aliphatic carbocycles. The van der Waals surface area contributed by atoms with E-state index in [9.17, 15) is 0 Å². The van der Waals surface area contributed by atoms with Gasteiger partial charge in [-0.2, -0.15) is 0 Å². The third-order valence-electron chi connectivity index (χ3n) is 4.62. The quantitative estimate of drug-likeness (QED) is 0.723. The van der Waals surface area contributed by atoms with Crippen LogP contribution in [-0.2, 0) is 0 Å². The number of anilines is 2. The predicted molar refractivity (Wildman–Crippen MR) is 103 cm³/mol. The van der Waals surface area contributed by atoms with E-state index in [1.165, 1.54) is 0 Å². The molecule has 1 aliphatic rings. The van der Waals surface area contributed by atoms with Crippen molar-refractivity contribution in [2.24, 2.45) is 0 Å². The lowest BCUT2D eigenvalue weighted by atomic mass is 10.1. The molecule has 0 radical (unpaired) electrons. The van der Waals surface area contributed by atoms with E-state index in [0.29, 0.717) is 5.88 Å². The van der Waals surface area contributed by atoms with E-state index in [-0.39, 0.29) is 0 Å². The van der Waals surface area contributed by atoms with Crippen LogP contribution in [0.1, 0.15) is 0 Å². The van der Waals surface area contributed by atoms with Gasteiger partial charge in [-0.25, -0.2) is 4.98 Å². The third kappa shape index (κ3) is 3.44. The minimum absolute atomic E-state index is 0.640. The Balaban J connectivity index is 1.40. The van der Waals surface area contributed by atoms with E-state index in [1.807, 2.05) is 48.7 Å². The van der Waals surface area contributed by atoms with Gasteiger partial charge in [0.1, 0.15) is 0 Å². The lowest BCUT2D eigenvalue weighted by Gasteiger charge is -2.36. The summed E-state index contributed by atoms with van der Waals surface area (Å²) >= 11 is 0. The van der Waals surface area contributed by atoms with Gasteiger partial charge >= 0.3 is 0 Å². The summed E-state index contributed by atoms with van der Waals surface area (Å²) in [6.07, 6.45) is 1.86. The first-order valence-electron chi connectivity index (χ1n) is 8.72. The molecule has 1 saturated heterocycles. The van der Waals surface area contributed by atoms with Crippen molar-refractivity contribution < 1.29 is 4.74 Å².